The predicted octanol–water partition coefficient (Wildman–Crippen LogP) is -1.90. The summed E-state index contributed by atoms with van der Waals surface area (Å²) in [6, 6.07) is 0. The molecule has 0 saturated heterocycles. The Balaban J connectivity index is 0. The van der Waals surface area contributed by atoms with Crippen LogP contribution >= 0.6 is 0 Å². The van der Waals surface area contributed by atoms with Crippen LogP contribution in [0.3, 0.4) is 0 Å². The molecule has 0 aromatic heterocycles. The summed E-state index contributed by atoms with van der Waals surface area (Å²) < 4.78 is 0. The van der Waals surface area contributed by atoms with Gasteiger partial charge in [0.25, 0.3) is 0 Å². The average molecular weight is 112 g/mol. The third kappa shape index (κ3) is 6.69. The van der Waals surface area contributed by atoms with Gasteiger partial charge in [0.15, 0.2) is 0 Å². The van der Waals surface area contributed by atoms with E-state index in [4.69, 9.17) is 0 Å². The summed E-state index contributed by atoms with van der Waals surface area (Å²) in [5, 5.41) is 19.8. The summed E-state index contributed by atoms with van der Waals surface area (Å²) >= 11 is 0. The van der Waals surface area contributed by atoms with Crippen LogP contribution in [-0.2, 0) is 0 Å². The van der Waals surface area contributed by atoms with Crippen LogP contribution in [0.15, 0.2) is 0 Å². The molecule has 0 heterocycles. The summed E-state index contributed by atoms with van der Waals surface area (Å²) in [4.78, 5) is 0. The molecule has 0 fully saturated rings. The molecule has 38 valence electrons. The smallest absolute Gasteiger partial charge is 0.853 e. The van der Waals surface area contributed by atoms with E-state index in [0.29, 0.717) is 0 Å². The second kappa shape index (κ2) is 4.84. The maximum atomic E-state index is 9.91. The summed E-state index contributed by atoms with van der Waals surface area (Å²) in [5.74, 6) is 0. The van der Waals surface area contributed by atoms with Gasteiger partial charge in [0.1, 0.15) is 0 Å². The van der Waals surface area contributed by atoms with Gasteiger partial charge in [-0.1, -0.05) is 13.8 Å². The van der Waals surface area contributed by atoms with E-state index < -0.39 is 12.2 Å². The van der Waals surface area contributed by atoms with Crippen LogP contribution in [0.5, 0.6) is 0 Å². The van der Waals surface area contributed by atoms with Crippen molar-refractivity contribution in [2.75, 3.05) is 0 Å². The summed E-state index contributed by atoms with van der Waals surface area (Å²) in [6.45, 7) is 2.75. The van der Waals surface area contributed by atoms with Crippen LogP contribution in [0.4, 0.5) is 0 Å². The number of rotatable bonds is 1. The van der Waals surface area contributed by atoms with E-state index in [2.05, 4.69) is 0 Å². The Kier molecular flexibility index (Phi) is 7.34. The van der Waals surface area contributed by atoms with Crippen LogP contribution in [0.2, 0.25) is 0 Å². The fraction of sp³-hybridized carbons (Fsp3) is 1.00. The second-order valence-electron chi connectivity index (χ2n) is 1.41. The fourth-order valence-electron chi connectivity index (χ4n) is 0. The van der Waals surface area contributed by atoms with Crippen LogP contribution < -0.4 is 10.2 Å². The molecule has 0 rings (SSSR count). The first kappa shape index (κ1) is 10.6. The minimum absolute atomic E-state index is 0. The van der Waals surface area contributed by atoms with Crippen molar-refractivity contribution in [1.29, 1.82) is 0 Å². The fourth-order valence-corrected chi connectivity index (χ4v) is 0. The Morgan fingerprint density at radius 3 is 1.14 bits per heavy atom. The van der Waals surface area contributed by atoms with Crippen molar-refractivity contribution in [1.82, 2.24) is 0 Å². The van der Waals surface area contributed by atoms with Crippen molar-refractivity contribution in [2.24, 2.45) is 0 Å². The van der Waals surface area contributed by atoms with Crippen LogP contribution in [0.1, 0.15) is 13.8 Å². The zero-order valence-electron chi connectivity index (χ0n) is 4.68. The van der Waals surface area contributed by atoms with Gasteiger partial charge in [0, 0.05) is 0 Å². The molecule has 0 aromatic rings. The molecular formula is C4H8MgO2. The molecule has 2 nitrogen and oxygen atoms in total. The summed E-state index contributed by atoms with van der Waals surface area (Å²) in [5.41, 5.74) is 0. The zero-order valence-corrected chi connectivity index (χ0v) is 6.09. The molecule has 0 bridgehead atoms. The van der Waals surface area contributed by atoms with Gasteiger partial charge in [0.05, 0.1) is 0 Å². The molecule has 0 aliphatic rings. The Bertz CT molecular complexity index is 30.7. The zero-order chi connectivity index (χ0) is 5.15. The largest absolute Gasteiger partial charge is 2.00 e. The number of hydrogen-bond donors (Lipinski definition) is 0. The average Bonchev–Trinajstić information content (AvgIpc) is 1.36. The maximum absolute atomic E-state index is 9.91. The topological polar surface area (TPSA) is 46.1 Å². The standard InChI is InChI=1S/C4H8O2.Mg/c1-3(5)4(2)6;/h3-4H,1-2H3;/q-2;+2. The molecule has 0 amide bonds. The van der Waals surface area contributed by atoms with Crippen molar-refractivity contribution >= 4 is 23.1 Å². The van der Waals surface area contributed by atoms with Crippen LogP contribution in [-0.4, -0.2) is 35.3 Å². The molecule has 0 aliphatic heterocycles. The Morgan fingerprint density at radius 2 is 1.14 bits per heavy atom. The molecule has 2 atom stereocenters. The monoisotopic (exact) mass is 112 g/mol. The minimum atomic E-state index is -0.954. The first-order valence-electron chi connectivity index (χ1n) is 1.96. The molecule has 3 heteroatoms. The molecule has 2 unspecified atom stereocenters. The molecule has 0 aromatic carbocycles. The van der Waals surface area contributed by atoms with E-state index in [1.54, 1.807) is 0 Å². The van der Waals surface area contributed by atoms with E-state index in [9.17, 15) is 10.2 Å². The van der Waals surface area contributed by atoms with Gasteiger partial charge >= 0.3 is 23.1 Å². The Labute approximate surface area is 59.7 Å². The summed E-state index contributed by atoms with van der Waals surface area (Å²) in [7, 11) is 0. The molecule has 0 aliphatic carbocycles. The van der Waals surface area contributed by atoms with E-state index >= 15 is 0 Å². The van der Waals surface area contributed by atoms with E-state index in [-0.39, 0.29) is 23.1 Å². The first-order valence-corrected chi connectivity index (χ1v) is 1.96. The SMILES string of the molecule is CC([O-])C(C)[O-].[Mg+2]. The third-order valence-corrected chi connectivity index (χ3v) is 0.661. The Hall–Kier alpha value is 0.686. The van der Waals surface area contributed by atoms with Crippen LogP contribution in [0, 0.1) is 0 Å². The quantitative estimate of drug-likeness (QED) is 0.372. The van der Waals surface area contributed by atoms with Gasteiger partial charge in [-0.25, -0.2) is 0 Å². The molecule has 7 heavy (non-hydrogen) atoms. The van der Waals surface area contributed by atoms with Gasteiger partial charge < -0.3 is 10.2 Å². The van der Waals surface area contributed by atoms with E-state index in [0.717, 1.165) is 0 Å². The van der Waals surface area contributed by atoms with Gasteiger partial charge in [-0.2, -0.15) is 0 Å². The molecule has 0 N–H and O–H groups in total. The normalized spacial score (nSPS) is 17.1. The second-order valence-corrected chi connectivity index (χ2v) is 1.41. The van der Waals surface area contributed by atoms with E-state index in [1.165, 1.54) is 13.8 Å². The third-order valence-electron chi connectivity index (χ3n) is 0.661. The van der Waals surface area contributed by atoms with Crippen LogP contribution in [0.25, 0.3) is 0 Å². The molecule has 0 spiro atoms. The molecule has 0 saturated carbocycles. The van der Waals surface area contributed by atoms with Crippen molar-refractivity contribution in [3.05, 3.63) is 0 Å². The first-order chi connectivity index (χ1) is 2.64. The van der Waals surface area contributed by atoms with Crippen molar-refractivity contribution in [3.8, 4) is 0 Å². The molecule has 0 radical (unpaired) electrons. The molecular weight excluding hydrogens is 104 g/mol. The van der Waals surface area contributed by atoms with E-state index in [1.807, 2.05) is 0 Å². The van der Waals surface area contributed by atoms with Crippen molar-refractivity contribution in [3.63, 3.8) is 0 Å². The predicted molar refractivity (Wildman–Crippen MR) is 24.7 cm³/mol. The van der Waals surface area contributed by atoms with Gasteiger partial charge in [-0.3, -0.25) is 0 Å². The van der Waals surface area contributed by atoms with Crippen molar-refractivity contribution in [2.45, 2.75) is 26.1 Å². The van der Waals surface area contributed by atoms with Crippen molar-refractivity contribution < 1.29 is 10.2 Å². The number of hydrogen-bond acceptors (Lipinski definition) is 2. The minimum Gasteiger partial charge on any atom is -0.853 e. The Morgan fingerprint density at radius 1 is 1.00 bits per heavy atom. The van der Waals surface area contributed by atoms with Gasteiger partial charge in [0.2, 0.25) is 0 Å². The van der Waals surface area contributed by atoms with Gasteiger partial charge in [-0.15, -0.1) is 12.2 Å². The van der Waals surface area contributed by atoms with Gasteiger partial charge in [-0.05, 0) is 0 Å². The summed E-state index contributed by atoms with van der Waals surface area (Å²) in [6.07, 6.45) is -1.91. The maximum Gasteiger partial charge on any atom is 2.00 e.